The predicted octanol–water partition coefficient (Wildman–Crippen LogP) is 4.06. The normalized spacial score (nSPS) is 17.3. The highest BCUT2D eigenvalue weighted by atomic mass is 35.5. The first-order valence-electron chi connectivity index (χ1n) is 6.31. The van der Waals surface area contributed by atoms with Crippen molar-refractivity contribution in [2.75, 3.05) is 7.11 Å². The number of para-hydroxylation sites is 1. The van der Waals surface area contributed by atoms with Gasteiger partial charge in [-0.1, -0.05) is 23.7 Å². The van der Waals surface area contributed by atoms with Gasteiger partial charge in [0.15, 0.2) is 5.78 Å². The number of hydrogen-bond acceptors (Lipinski definition) is 3. The smallest absolute Gasteiger partial charge is 0.170 e. The minimum absolute atomic E-state index is 0.0684. The molecule has 1 aliphatic heterocycles. The van der Waals surface area contributed by atoms with E-state index >= 15 is 0 Å². The molecule has 2 aromatic carbocycles. The molecule has 0 bridgehead atoms. The summed E-state index contributed by atoms with van der Waals surface area (Å²) in [6.45, 7) is 0. The molecule has 102 valence electrons. The fourth-order valence-corrected chi connectivity index (χ4v) is 2.58. The third-order valence-electron chi connectivity index (χ3n) is 3.37. The van der Waals surface area contributed by atoms with Gasteiger partial charge in [-0.05, 0) is 30.3 Å². The molecular weight excluding hydrogens is 276 g/mol. The van der Waals surface area contributed by atoms with Crippen molar-refractivity contribution in [1.29, 1.82) is 0 Å². The molecule has 4 heteroatoms. The minimum Gasteiger partial charge on any atom is -0.496 e. The van der Waals surface area contributed by atoms with E-state index in [0.717, 1.165) is 5.56 Å². The van der Waals surface area contributed by atoms with Gasteiger partial charge < -0.3 is 9.47 Å². The number of Topliss-reactive ketones (excluding diaryl/α,β-unsaturated/α-hetero) is 1. The summed E-state index contributed by atoms with van der Waals surface area (Å²) in [4.78, 5) is 12.2. The summed E-state index contributed by atoms with van der Waals surface area (Å²) < 4.78 is 11.3. The molecule has 2 aromatic rings. The van der Waals surface area contributed by atoms with E-state index < -0.39 is 0 Å². The first kappa shape index (κ1) is 13.0. The van der Waals surface area contributed by atoms with Crippen LogP contribution in [0.2, 0.25) is 5.02 Å². The first-order valence-corrected chi connectivity index (χ1v) is 6.69. The van der Waals surface area contributed by atoms with Crippen molar-refractivity contribution in [3.05, 3.63) is 58.6 Å². The van der Waals surface area contributed by atoms with Gasteiger partial charge in [-0.25, -0.2) is 0 Å². The molecule has 0 saturated carbocycles. The minimum atomic E-state index is -0.369. The Labute approximate surface area is 122 Å². The van der Waals surface area contributed by atoms with Crippen molar-refractivity contribution in [2.24, 2.45) is 0 Å². The highest BCUT2D eigenvalue weighted by molar-refractivity contribution is 6.30. The van der Waals surface area contributed by atoms with Crippen molar-refractivity contribution in [2.45, 2.75) is 12.5 Å². The van der Waals surface area contributed by atoms with Crippen LogP contribution >= 0.6 is 11.6 Å². The quantitative estimate of drug-likeness (QED) is 0.836. The highest BCUT2D eigenvalue weighted by Crippen LogP contribution is 2.38. The number of methoxy groups -OCH3 is 1. The number of carbonyl (C=O) groups is 1. The molecule has 20 heavy (non-hydrogen) atoms. The summed E-state index contributed by atoms with van der Waals surface area (Å²) in [5.74, 6) is 1.35. The Morgan fingerprint density at radius 3 is 2.85 bits per heavy atom. The Kier molecular flexibility index (Phi) is 3.36. The summed E-state index contributed by atoms with van der Waals surface area (Å²) in [5, 5.41) is 0.593. The van der Waals surface area contributed by atoms with Crippen LogP contribution in [-0.2, 0) is 0 Å². The highest BCUT2D eigenvalue weighted by Gasteiger charge is 2.29. The van der Waals surface area contributed by atoms with Gasteiger partial charge in [-0.2, -0.15) is 0 Å². The summed E-state index contributed by atoms with van der Waals surface area (Å²) in [7, 11) is 1.59. The SMILES string of the molecule is COc1ccc(Cl)cc1C1CC(=O)c2ccccc2O1. The van der Waals surface area contributed by atoms with Crippen LogP contribution in [0.25, 0.3) is 0 Å². The van der Waals surface area contributed by atoms with Crippen LogP contribution in [-0.4, -0.2) is 12.9 Å². The largest absolute Gasteiger partial charge is 0.496 e. The van der Waals surface area contributed by atoms with Crippen molar-refractivity contribution < 1.29 is 14.3 Å². The van der Waals surface area contributed by atoms with Crippen LogP contribution in [0.15, 0.2) is 42.5 Å². The third kappa shape index (κ3) is 2.25. The zero-order valence-electron chi connectivity index (χ0n) is 10.9. The van der Waals surface area contributed by atoms with Gasteiger partial charge in [0.25, 0.3) is 0 Å². The maximum atomic E-state index is 12.2. The van der Waals surface area contributed by atoms with E-state index in [0.29, 0.717) is 22.1 Å². The number of ketones is 1. The van der Waals surface area contributed by atoms with Crippen LogP contribution in [0, 0.1) is 0 Å². The van der Waals surface area contributed by atoms with Gasteiger partial charge in [0.2, 0.25) is 0 Å². The maximum absolute atomic E-state index is 12.2. The summed E-state index contributed by atoms with van der Waals surface area (Å²) in [6, 6.07) is 12.6. The second-order valence-corrected chi connectivity index (χ2v) is 5.05. The average molecular weight is 289 g/mol. The Morgan fingerprint density at radius 2 is 2.05 bits per heavy atom. The number of rotatable bonds is 2. The topological polar surface area (TPSA) is 35.5 Å². The standard InChI is InChI=1S/C16H13ClO3/c1-19-14-7-6-10(17)8-12(14)16-9-13(18)11-4-2-3-5-15(11)20-16/h2-8,16H,9H2,1H3. The zero-order valence-corrected chi connectivity index (χ0v) is 11.7. The molecule has 0 aliphatic carbocycles. The van der Waals surface area contributed by atoms with Gasteiger partial charge in [0, 0.05) is 10.6 Å². The van der Waals surface area contributed by atoms with Gasteiger partial charge in [0.05, 0.1) is 19.1 Å². The zero-order chi connectivity index (χ0) is 14.1. The number of carbonyl (C=O) groups excluding carboxylic acids is 1. The van der Waals surface area contributed by atoms with E-state index in [1.807, 2.05) is 12.1 Å². The summed E-state index contributed by atoms with van der Waals surface area (Å²) >= 11 is 6.03. The Morgan fingerprint density at radius 1 is 1.25 bits per heavy atom. The molecule has 3 rings (SSSR count). The lowest BCUT2D eigenvalue weighted by Crippen LogP contribution is -2.20. The third-order valence-corrected chi connectivity index (χ3v) is 3.60. The average Bonchev–Trinajstić information content (AvgIpc) is 2.47. The molecule has 0 amide bonds. The van der Waals surface area contributed by atoms with E-state index in [1.165, 1.54) is 0 Å². The Bertz CT molecular complexity index is 667. The molecule has 0 fully saturated rings. The van der Waals surface area contributed by atoms with Crippen molar-refractivity contribution in [3.63, 3.8) is 0 Å². The molecule has 0 radical (unpaired) electrons. The number of halogens is 1. The van der Waals surface area contributed by atoms with E-state index in [9.17, 15) is 4.79 Å². The van der Waals surface area contributed by atoms with Gasteiger partial charge in [0.1, 0.15) is 17.6 Å². The van der Waals surface area contributed by atoms with Crippen LogP contribution in [0.3, 0.4) is 0 Å². The van der Waals surface area contributed by atoms with Crippen LogP contribution in [0.4, 0.5) is 0 Å². The van der Waals surface area contributed by atoms with E-state index in [1.54, 1.807) is 37.4 Å². The number of benzene rings is 2. The monoisotopic (exact) mass is 288 g/mol. The molecule has 0 spiro atoms. The van der Waals surface area contributed by atoms with Crippen LogP contribution in [0.1, 0.15) is 28.4 Å². The summed E-state index contributed by atoms with van der Waals surface area (Å²) in [5.41, 5.74) is 1.42. The Hall–Kier alpha value is -2.00. The van der Waals surface area contributed by atoms with E-state index in [2.05, 4.69) is 0 Å². The molecule has 1 heterocycles. The van der Waals surface area contributed by atoms with E-state index in [-0.39, 0.29) is 18.3 Å². The molecular formula is C16H13ClO3. The Balaban J connectivity index is 2.02. The van der Waals surface area contributed by atoms with Gasteiger partial charge >= 0.3 is 0 Å². The molecule has 0 N–H and O–H groups in total. The van der Waals surface area contributed by atoms with Crippen molar-refractivity contribution in [3.8, 4) is 11.5 Å². The molecule has 1 aliphatic rings. The van der Waals surface area contributed by atoms with Crippen molar-refractivity contribution >= 4 is 17.4 Å². The lowest BCUT2D eigenvalue weighted by Gasteiger charge is -2.26. The van der Waals surface area contributed by atoms with Crippen molar-refractivity contribution in [1.82, 2.24) is 0 Å². The fourth-order valence-electron chi connectivity index (χ4n) is 2.40. The maximum Gasteiger partial charge on any atom is 0.170 e. The lowest BCUT2D eigenvalue weighted by molar-refractivity contribution is 0.0847. The lowest BCUT2D eigenvalue weighted by atomic mass is 9.96. The van der Waals surface area contributed by atoms with Gasteiger partial charge in [-0.15, -0.1) is 0 Å². The van der Waals surface area contributed by atoms with Gasteiger partial charge in [-0.3, -0.25) is 4.79 Å². The number of fused-ring (bicyclic) bond motifs is 1. The number of ether oxygens (including phenoxy) is 2. The van der Waals surface area contributed by atoms with Crippen LogP contribution in [0.5, 0.6) is 11.5 Å². The number of hydrogen-bond donors (Lipinski definition) is 0. The summed E-state index contributed by atoms with van der Waals surface area (Å²) in [6.07, 6.45) is -0.0840. The molecule has 3 nitrogen and oxygen atoms in total. The van der Waals surface area contributed by atoms with Crippen LogP contribution < -0.4 is 9.47 Å². The van der Waals surface area contributed by atoms with E-state index in [4.69, 9.17) is 21.1 Å². The molecule has 0 aromatic heterocycles. The second kappa shape index (κ2) is 5.17. The first-order chi connectivity index (χ1) is 9.69. The molecule has 1 unspecified atom stereocenters. The second-order valence-electron chi connectivity index (χ2n) is 4.62. The predicted molar refractivity (Wildman–Crippen MR) is 76.8 cm³/mol. The molecule has 1 atom stereocenters. The fraction of sp³-hybridized carbons (Fsp3) is 0.188. The molecule has 0 saturated heterocycles.